The van der Waals surface area contributed by atoms with Gasteiger partial charge in [-0.25, -0.2) is 18.2 Å². The number of sulfonamides is 1. The molecule has 1 saturated heterocycles. The monoisotopic (exact) mass is 909 g/mol. The van der Waals surface area contributed by atoms with Gasteiger partial charge >= 0.3 is 12.3 Å². The molecule has 19 heteroatoms. The smallest absolute Gasteiger partial charge is 0.411 e. The van der Waals surface area contributed by atoms with Gasteiger partial charge in [-0.15, -0.1) is 0 Å². The number of nitrogens with zero attached hydrogens (tertiary/aromatic N) is 3. The highest BCUT2D eigenvalue weighted by atomic mass is 35.5. The molecule has 3 N–H and O–H groups in total. The van der Waals surface area contributed by atoms with Crippen LogP contribution in [0.3, 0.4) is 0 Å². The van der Waals surface area contributed by atoms with Gasteiger partial charge in [0.1, 0.15) is 35.0 Å². The van der Waals surface area contributed by atoms with E-state index in [-0.39, 0.29) is 47.1 Å². The molecular formula is C43H55ClF3N5O9S. The van der Waals surface area contributed by atoms with Crippen molar-refractivity contribution in [2.45, 2.75) is 140 Å². The van der Waals surface area contributed by atoms with Crippen molar-refractivity contribution in [2.24, 2.45) is 17.8 Å². The molecule has 4 aliphatic rings. The van der Waals surface area contributed by atoms with E-state index in [2.05, 4.69) is 15.0 Å². The number of carbonyl (C=O) groups is 4. The second-order valence-corrected chi connectivity index (χ2v) is 20.9. The lowest BCUT2D eigenvalue weighted by Crippen LogP contribution is -2.66. The molecule has 3 heterocycles. The van der Waals surface area contributed by atoms with Crippen LogP contribution in [0.25, 0.3) is 11.3 Å². The maximum Gasteiger partial charge on any atom is 0.411 e. The van der Waals surface area contributed by atoms with Crippen LogP contribution < -0.4 is 19.5 Å². The predicted octanol–water partition coefficient (Wildman–Crippen LogP) is 7.11. The number of alkyl halides is 3. The van der Waals surface area contributed by atoms with Crippen molar-refractivity contribution >= 4 is 45.4 Å². The zero-order chi connectivity index (χ0) is 45.7. The number of pyridine rings is 1. The second kappa shape index (κ2) is 17.2. The van der Waals surface area contributed by atoms with Gasteiger partial charge in [-0.05, 0) is 115 Å². The Hall–Kier alpha value is -4.58. The Bertz CT molecular complexity index is 2200. The number of amides is 4. The van der Waals surface area contributed by atoms with Crippen molar-refractivity contribution in [3.05, 3.63) is 53.6 Å². The molecule has 3 fully saturated rings. The fourth-order valence-corrected chi connectivity index (χ4v) is 9.92. The summed E-state index contributed by atoms with van der Waals surface area (Å²) in [5.41, 5.74) is -3.72. The number of rotatable bonds is 10. The molecule has 4 amide bonds. The maximum absolute atomic E-state index is 15.0. The van der Waals surface area contributed by atoms with E-state index in [9.17, 15) is 41.1 Å². The molecule has 1 aromatic heterocycles. The first-order valence-electron chi connectivity index (χ1n) is 20.8. The summed E-state index contributed by atoms with van der Waals surface area (Å²) in [5.74, 6) is -4.08. The Morgan fingerprint density at radius 2 is 1.76 bits per heavy atom. The van der Waals surface area contributed by atoms with Gasteiger partial charge in [0, 0.05) is 29.0 Å². The van der Waals surface area contributed by atoms with Crippen molar-refractivity contribution in [3.63, 3.8) is 0 Å². The fourth-order valence-electron chi connectivity index (χ4n) is 8.41. The number of ether oxygens (including phenoxy) is 2. The van der Waals surface area contributed by atoms with E-state index in [0.29, 0.717) is 56.5 Å². The highest BCUT2D eigenvalue weighted by Crippen LogP contribution is 2.48. The van der Waals surface area contributed by atoms with E-state index in [4.69, 9.17) is 21.1 Å². The van der Waals surface area contributed by atoms with Gasteiger partial charge in [0.2, 0.25) is 27.7 Å². The van der Waals surface area contributed by atoms with E-state index < -0.39 is 92.4 Å². The van der Waals surface area contributed by atoms with Crippen LogP contribution in [0.4, 0.5) is 18.0 Å². The van der Waals surface area contributed by atoms with Crippen LogP contribution in [0, 0.1) is 17.8 Å². The van der Waals surface area contributed by atoms with Crippen molar-refractivity contribution in [3.8, 4) is 22.9 Å². The van der Waals surface area contributed by atoms with Crippen LogP contribution in [0.15, 0.2) is 48.6 Å². The largest absolute Gasteiger partial charge is 0.491 e. The number of nitrogens with one attached hydrogen (secondary N) is 2. The Morgan fingerprint density at radius 1 is 1.10 bits per heavy atom. The zero-order valence-electron chi connectivity index (χ0n) is 35.8. The van der Waals surface area contributed by atoms with E-state index in [1.807, 2.05) is 20.8 Å². The van der Waals surface area contributed by atoms with Crippen LogP contribution in [-0.2, 0) is 24.4 Å². The van der Waals surface area contributed by atoms with Crippen molar-refractivity contribution < 1.29 is 55.3 Å². The molecule has 6 rings (SSSR count). The molecule has 14 nitrogen and oxygen atoms in total. The van der Waals surface area contributed by atoms with Crippen molar-refractivity contribution in [1.82, 2.24) is 24.8 Å². The Balaban J connectivity index is 1.39. The van der Waals surface area contributed by atoms with Crippen LogP contribution in [-0.4, -0.2) is 105 Å². The minimum absolute atomic E-state index is 0.00161. The number of carbonyl (C=O) groups excluding carboxylic acids is 3. The Labute approximate surface area is 365 Å². The number of benzene rings is 1. The minimum atomic E-state index is -5.11. The summed E-state index contributed by atoms with van der Waals surface area (Å²) >= 11 is 6.52. The first-order valence-corrected chi connectivity index (χ1v) is 22.7. The SMILES string of the molecule is CC(C)Oc1ccc(-c2cc(Cl)cc(O[C@@H]3C[C@H]4C(=O)N[C@]5(C(=O)NS(=O)(=O)C6(C)CC6)C[C@H]5/C=C\CC[C@@H](C)C[C@@H](C)[C@H](N(C(=O)O)C(C)(C)C(F)(F)F)C(=O)N4C3)n2)cc1. The summed E-state index contributed by atoms with van der Waals surface area (Å²) < 4.78 is 83.7. The first-order chi connectivity index (χ1) is 28.8. The zero-order valence-corrected chi connectivity index (χ0v) is 37.4. The van der Waals surface area contributed by atoms with Gasteiger partial charge < -0.3 is 24.8 Å². The van der Waals surface area contributed by atoms with Gasteiger partial charge in [0.05, 0.1) is 23.1 Å². The molecule has 62 heavy (non-hydrogen) atoms. The first kappa shape index (κ1) is 46.9. The fraction of sp³-hybridized carbons (Fsp3) is 0.605. The van der Waals surface area contributed by atoms with Crippen molar-refractivity contribution in [2.75, 3.05) is 6.54 Å². The lowest BCUT2D eigenvalue weighted by atomic mass is 9.85. The molecule has 1 aromatic carbocycles. The summed E-state index contributed by atoms with van der Waals surface area (Å²) in [6.07, 6.45) is -3.08. The average molecular weight is 910 g/mol. The highest BCUT2D eigenvalue weighted by Gasteiger charge is 2.64. The Morgan fingerprint density at radius 3 is 2.35 bits per heavy atom. The highest BCUT2D eigenvalue weighted by molar-refractivity contribution is 7.91. The van der Waals surface area contributed by atoms with Gasteiger partial charge in [0.25, 0.3) is 5.91 Å². The molecule has 0 spiro atoms. The minimum Gasteiger partial charge on any atom is -0.491 e. The summed E-state index contributed by atoms with van der Waals surface area (Å²) in [6, 6.07) is 6.67. The molecule has 7 atom stereocenters. The number of fused-ring (bicyclic) bond motifs is 2. The lowest BCUT2D eigenvalue weighted by Gasteiger charge is -2.45. The number of aromatic nitrogens is 1. The number of hydrogen-bond acceptors (Lipinski definition) is 9. The molecule has 0 radical (unpaired) electrons. The van der Waals surface area contributed by atoms with Crippen LogP contribution in [0.1, 0.15) is 93.4 Å². The molecule has 2 aliphatic heterocycles. The van der Waals surface area contributed by atoms with Crippen LogP contribution in [0.5, 0.6) is 11.6 Å². The third kappa shape index (κ3) is 9.65. The van der Waals surface area contributed by atoms with E-state index in [1.165, 1.54) is 19.9 Å². The van der Waals surface area contributed by atoms with E-state index >= 15 is 4.79 Å². The predicted molar refractivity (Wildman–Crippen MR) is 224 cm³/mol. The van der Waals surface area contributed by atoms with Gasteiger partial charge in [-0.1, -0.05) is 37.6 Å². The molecule has 2 aromatic rings. The van der Waals surface area contributed by atoms with Crippen LogP contribution >= 0.6 is 11.6 Å². The quantitative estimate of drug-likeness (QED) is 0.208. The normalized spacial score (nSPS) is 28.4. The maximum atomic E-state index is 15.0. The van der Waals surface area contributed by atoms with E-state index in [0.717, 1.165) is 4.90 Å². The third-order valence-corrected chi connectivity index (χ3v) is 14.9. The number of carboxylic acid groups (broad SMARTS) is 1. The molecular weight excluding hydrogens is 855 g/mol. The van der Waals surface area contributed by atoms with Gasteiger partial charge in [-0.3, -0.25) is 24.0 Å². The average Bonchev–Trinajstić information content (AvgIpc) is 4.04. The topological polar surface area (TPSA) is 185 Å². The number of halogens is 4. The summed E-state index contributed by atoms with van der Waals surface area (Å²) in [7, 11) is -4.13. The van der Waals surface area contributed by atoms with Gasteiger partial charge in [0.15, 0.2) is 0 Å². The van der Waals surface area contributed by atoms with E-state index in [1.54, 1.807) is 42.5 Å². The summed E-state index contributed by atoms with van der Waals surface area (Å²) in [6.45, 7) is 9.64. The Kier molecular flexibility index (Phi) is 13.0. The third-order valence-electron chi connectivity index (χ3n) is 12.6. The number of allylic oxidation sites excluding steroid dienone is 1. The molecule has 2 saturated carbocycles. The number of hydrogen-bond donors (Lipinski definition) is 3. The van der Waals surface area contributed by atoms with Crippen LogP contribution in [0.2, 0.25) is 5.02 Å². The molecule has 340 valence electrons. The van der Waals surface area contributed by atoms with Crippen molar-refractivity contribution in [1.29, 1.82) is 0 Å². The summed E-state index contributed by atoms with van der Waals surface area (Å²) in [5, 5.41) is 13.5. The standard InChI is InChI=1S/C43H55ClF3N5O9S/c1-24(2)60-30-14-12-27(13-15-30)32-19-29(44)20-34(48-32)61-31-21-33-36(53)49-42(38(55)50-62(58,59)41(7)16-17-41)22-28(42)11-9-8-10-25(3)18-26(4)35(37(54)51(33)23-31)52(39(56)57)40(5,6)43(45,46)47/h9,11-15,19-20,24-26,28,31,33,35H,8,10,16-18,21-23H2,1-7H3,(H,49,53)(H,50,55)(H,56,57)/b11-9-/t25-,26-,28-,31-,33+,35+,42-/m1/s1. The lowest BCUT2D eigenvalue weighted by molar-refractivity contribution is -0.222. The molecule has 2 aliphatic carbocycles. The van der Waals surface area contributed by atoms with Gasteiger partial charge in [-0.2, -0.15) is 13.2 Å². The molecule has 0 unspecified atom stereocenters. The second-order valence-electron chi connectivity index (χ2n) is 18.3. The molecule has 0 bridgehead atoms. The summed E-state index contributed by atoms with van der Waals surface area (Å²) in [4.78, 5) is 62.3.